The van der Waals surface area contributed by atoms with Crippen LogP contribution < -0.4 is 21.3 Å². The summed E-state index contributed by atoms with van der Waals surface area (Å²) in [5.41, 5.74) is 2.25. The predicted octanol–water partition coefficient (Wildman–Crippen LogP) is 2.35. The van der Waals surface area contributed by atoms with E-state index in [9.17, 15) is 19.1 Å². The molecule has 1 aliphatic heterocycles. The molecule has 4 N–H and O–H groups in total. The second-order valence-electron chi connectivity index (χ2n) is 8.09. The molecule has 0 unspecified atom stereocenters. The fourth-order valence-electron chi connectivity index (χ4n) is 4.52. The minimum atomic E-state index is -0.694. The summed E-state index contributed by atoms with van der Waals surface area (Å²) >= 11 is 0. The molecule has 3 heterocycles. The Bertz CT molecular complexity index is 1450. The number of methoxy groups -OCH3 is 1. The van der Waals surface area contributed by atoms with Crippen molar-refractivity contribution >= 4 is 10.9 Å². The summed E-state index contributed by atoms with van der Waals surface area (Å²) in [6.07, 6.45) is 1.12. The van der Waals surface area contributed by atoms with E-state index >= 15 is 0 Å². The van der Waals surface area contributed by atoms with Crippen LogP contribution in [0.2, 0.25) is 0 Å². The van der Waals surface area contributed by atoms with Gasteiger partial charge in [-0.3, -0.25) is 14.3 Å². The fourth-order valence-corrected chi connectivity index (χ4v) is 4.52. The van der Waals surface area contributed by atoms with Crippen LogP contribution in [0, 0.1) is 5.82 Å². The molecule has 2 aromatic heterocycles. The molecule has 0 amide bonds. The first kappa shape index (κ1) is 21.0. The van der Waals surface area contributed by atoms with Crippen LogP contribution in [-0.4, -0.2) is 33.3 Å². The quantitative estimate of drug-likeness (QED) is 0.373. The van der Waals surface area contributed by atoms with Crippen molar-refractivity contribution in [3.05, 3.63) is 91.5 Å². The molecular formula is C24H23FN4O4. The average molecular weight is 450 g/mol. The van der Waals surface area contributed by atoms with Crippen molar-refractivity contribution in [2.24, 2.45) is 0 Å². The molecule has 0 radical (unpaired) electrons. The van der Waals surface area contributed by atoms with Crippen LogP contribution in [0.3, 0.4) is 0 Å². The van der Waals surface area contributed by atoms with E-state index in [4.69, 9.17) is 4.74 Å². The van der Waals surface area contributed by atoms with Crippen molar-refractivity contribution in [1.29, 1.82) is 0 Å². The number of halogens is 1. The molecule has 1 atom stereocenters. The van der Waals surface area contributed by atoms with Crippen LogP contribution in [0.1, 0.15) is 28.4 Å². The number of hydrogen-bond acceptors (Lipinski definition) is 5. The van der Waals surface area contributed by atoms with E-state index in [0.717, 1.165) is 44.5 Å². The number of aryl methyl sites for hydroxylation is 1. The van der Waals surface area contributed by atoms with Crippen molar-refractivity contribution in [3.8, 4) is 11.6 Å². The highest BCUT2D eigenvalue weighted by atomic mass is 19.1. The molecular weight excluding hydrogens is 427 g/mol. The van der Waals surface area contributed by atoms with E-state index in [0.29, 0.717) is 13.0 Å². The second kappa shape index (κ2) is 8.25. The van der Waals surface area contributed by atoms with Crippen LogP contribution in [0.5, 0.6) is 11.6 Å². The first-order valence-electron chi connectivity index (χ1n) is 10.7. The SMILES string of the molecule is COc1ccc2[nH]c3c(c2c1)CCN[C@H]3c1c(O)n(CCc2ccc(F)cc2)c(=O)[nH]c1=O. The molecule has 0 bridgehead atoms. The van der Waals surface area contributed by atoms with Gasteiger partial charge < -0.3 is 20.1 Å². The lowest BCUT2D eigenvalue weighted by molar-refractivity contribution is 0.382. The minimum Gasteiger partial charge on any atom is -0.497 e. The molecule has 0 spiro atoms. The van der Waals surface area contributed by atoms with Crippen LogP contribution in [0.4, 0.5) is 4.39 Å². The van der Waals surface area contributed by atoms with Gasteiger partial charge in [-0.05, 0) is 54.3 Å². The highest BCUT2D eigenvalue weighted by Crippen LogP contribution is 2.36. The molecule has 5 rings (SSSR count). The van der Waals surface area contributed by atoms with Crippen molar-refractivity contribution in [1.82, 2.24) is 19.9 Å². The van der Waals surface area contributed by atoms with E-state index in [1.807, 2.05) is 18.2 Å². The molecule has 8 nitrogen and oxygen atoms in total. The number of aromatic amines is 2. The number of fused-ring (bicyclic) bond motifs is 3. The largest absolute Gasteiger partial charge is 0.497 e. The Morgan fingerprint density at radius 1 is 1.15 bits per heavy atom. The highest BCUT2D eigenvalue weighted by molar-refractivity contribution is 5.86. The number of aromatic hydroxyl groups is 1. The van der Waals surface area contributed by atoms with Gasteiger partial charge in [-0.1, -0.05) is 12.1 Å². The summed E-state index contributed by atoms with van der Waals surface area (Å²) in [4.78, 5) is 31.0. The van der Waals surface area contributed by atoms with E-state index in [1.54, 1.807) is 19.2 Å². The molecule has 0 aliphatic carbocycles. The number of nitrogens with zero attached hydrogens (tertiary/aromatic N) is 1. The summed E-state index contributed by atoms with van der Waals surface area (Å²) < 4.78 is 19.7. The summed E-state index contributed by atoms with van der Waals surface area (Å²) in [5, 5.41) is 15.3. The smallest absolute Gasteiger partial charge is 0.331 e. The molecule has 0 fully saturated rings. The first-order valence-corrected chi connectivity index (χ1v) is 10.7. The lowest BCUT2D eigenvalue weighted by atomic mass is 9.95. The van der Waals surface area contributed by atoms with Crippen LogP contribution >= 0.6 is 0 Å². The maximum Gasteiger partial charge on any atom is 0.331 e. The Morgan fingerprint density at radius 3 is 2.70 bits per heavy atom. The summed E-state index contributed by atoms with van der Waals surface area (Å²) in [6.45, 7) is 0.721. The lowest BCUT2D eigenvalue weighted by Gasteiger charge is -2.25. The topological polar surface area (TPSA) is 112 Å². The fraction of sp³-hybridized carbons (Fsp3) is 0.250. The van der Waals surface area contributed by atoms with Crippen molar-refractivity contribution in [2.75, 3.05) is 13.7 Å². The number of aromatic nitrogens is 3. The Labute approximate surface area is 187 Å². The number of ether oxygens (including phenoxy) is 1. The number of rotatable bonds is 5. The van der Waals surface area contributed by atoms with Gasteiger partial charge in [0.1, 0.15) is 17.1 Å². The second-order valence-corrected chi connectivity index (χ2v) is 8.09. The number of H-pyrrole nitrogens is 2. The molecule has 4 aromatic rings. The molecule has 2 aromatic carbocycles. The normalized spacial score (nSPS) is 15.5. The molecule has 9 heteroatoms. The lowest BCUT2D eigenvalue weighted by Crippen LogP contribution is -2.39. The standard InChI is InChI=1S/C24H23FN4O4/c1-33-15-6-7-18-17(12-15)16-8-10-26-21(20(16)27-18)19-22(30)28-24(32)29(23(19)31)11-9-13-2-4-14(25)5-3-13/h2-7,12,21,26-27,31H,8-11H2,1H3,(H,28,30,32)/t21-/m0/s1. The monoisotopic (exact) mass is 450 g/mol. The summed E-state index contributed by atoms with van der Waals surface area (Å²) in [7, 11) is 1.61. The molecule has 170 valence electrons. The zero-order valence-electron chi connectivity index (χ0n) is 17.9. The van der Waals surface area contributed by atoms with Gasteiger partial charge in [0, 0.05) is 29.7 Å². The van der Waals surface area contributed by atoms with E-state index in [1.165, 1.54) is 12.1 Å². The average Bonchev–Trinajstić information content (AvgIpc) is 3.18. The van der Waals surface area contributed by atoms with Gasteiger partial charge in [-0.25, -0.2) is 9.18 Å². The van der Waals surface area contributed by atoms with Crippen LogP contribution in [0.25, 0.3) is 10.9 Å². The van der Waals surface area contributed by atoms with Gasteiger partial charge in [0.25, 0.3) is 5.56 Å². The third-order valence-corrected chi connectivity index (χ3v) is 6.19. The van der Waals surface area contributed by atoms with E-state index in [2.05, 4.69) is 15.3 Å². The number of nitrogens with one attached hydrogen (secondary N) is 3. The zero-order valence-corrected chi connectivity index (χ0v) is 17.9. The maximum atomic E-state index is 13.2. The van der Waals surface area contributed by atoms with E-state index in [-0.39, 0.29) is 23.8 Å². The van der Waals surface area contributed by atoms with Crippen molar-refractivity contribution < 1.29 is 14.2 Å². The van der Waals surface area contributed by atoms with Gasteiger partial charge in [0.2, 0.25) is 5.88 Å². The molecule has 0 saturated heterocycles. The van der Waals surface area contributed by atoms with Gasteiger partial charge >= 0.3 is 5.69 Å². The Balaban J connectivity index is 1.56. The Morgan fingerprint density at radius 2 is 1.94 bits per heavy atom. The van der Waals surface area contributed by atoms with Gasteiger partial charge in [-0.2, -0.15) is 0 Å². The maximum absolute atomic E-state index is 13.2. The molecule has 33 heavy (non-hydrogen) atoms. The minimum absolute atomic E-state index is 0.0770. The van der Waals surface area contributed by atoms with E-state index < -0.39 is 17.3 Å². The predicted molar refractivity (Wildman–Crippen MR) is 121 cm³/mol. The van der Waals surface area contributed by atoms with Gasteiger partial charge in [-0.15, -0.1) is 0 Å². The summed E-state index contributed by atoms with van der Waals surface area (Å²) in [6, 6.07) is 11.0. The van der Waals surface area contributed by atoms with Crippen LogP contribution in [0.15, 0.2) is 52.1 Å². The first-order chi connectivity index (χ1) is 16.0. The Kier molecular flexibility index (Phi) is 5.26. The van der Waals surface area contributed by atoms with Crippen molar-refractivity contribution in [3.63, 3.8) is 0 Å². The van der Waals surface area contributed by atoms with Gasteiger partial charge in [0.05, 0.1) is 13.2 Å². The third-order valence-electron chi connectivity index (χ3n) is 6.19. The number of hydrogen-bond donors (Lipinski definition) is 4. The molecule has 1 aliphatic rings. The van der Waals surface area contributed by atoms with Crippen LogP contribution in [-0.2, 0) is 19.4 Å². The summed E-state index contributed by atoms with van der Waals surface area (Å²) in [5.74, 6) is 0.00194. The Hall–Kier alpha value is -3.85. The zero-order chi connectivity index (χ0) is 23.1. The highest BCUT2D eigenvalue weighted by Gasteiger charge is 2.31. The number of benzene rings is 2. The van der Waals surface area contributed by atoms with Crippen molar-refractivity contribution in [2.45, 2.75) is 25.4 Å². The molecule has 0 saturated carbocycles. The third kappa shape index (κ3) is 3.70. The van der Waals surface area contributed by atoms with Gasteiger partial charge in [0.15, 0.2) is 0 Å².